The van der Waals surface area contributed by atoms with Crippen molar-refractivity contribution in [1.82, 2.24) is 0 Å². The molecule has 0 rings (SSSR count). The zero-order chi connectivity index (χ0) is 41.3. The molecule has 0 aliphatic heterocycles. The van der Waals surface area contributed by atoms with Gasteiger partial charge in [-0.05, 0) is 13.8 Å². The smallest absolute Gasteiger partial charge is 0.473 e. The zero-order valence-electron chi connectivity index (χ0n) is 23.6. The van der Waals surface area contributed by atoms with Crippen LogP contribution in [0.4, 0.5) is 105 Å². The summed E-state index contributed by atoms with van der Waals surface area (Å²) in [7, 11) is 0. The third kappa shape index (κ3) is 10.4. The van der Waals surface area contributed by atoms with E-state index in [0.717, 1.165) is 0 Å². The number of carboxylic acids is 1. The summed E-state index contributed by atoms with van der Waals surface area (Å²) in [5, 5.41) is 8.22. The van der Waals surface area contributed by atoms with E-state index in [1.807, 2.05) is 0 Å². The first-order valence-electron chi connectivity index (χ1n) is 11.7. The second kappa shape index (κ2) is 14.8. The summed E-state index contributed by atoms with van der Waals surface area (Å²) in [6.45, 7) is 3.46. The quantitative estimate of drug-likeness (QED) is 0.108. The Bertz CT molecular complexity index is 1250. The van der Waals surface area contributed by atoms with Gasteiger partial charge in [0.2, 0.25) is 0 Å². The number of ether oxygens (including phenoxy) is 1. The van der Waals surface area contributed by atoms with Crippen molar-refractivity contribution in [2.75, 3.05) is 0 Å². The maximum Gasteiger partial charge on any atom is 0.473 e. The van der Waals surface area contributed by atoms with E-state index in [2.05, 4.69) is 11.3 Å². The van der Waals surface area contributed by atoms with Crippen LogP contribution in [0, 0.1) is 0 Å². The van der Waals surface area contributed by atoms with Crippen LogP contribution >= 0.6 is 0 Å². The van der Waals surface area contributed by atoms with Crippen LogP contribution in [0.2, 0.25) is 0 Å². The Balaban J connectivity index is 0. The van der Waals surface area contributed by atoms with Gasteiger partial charge in [-0.2, -0.15) is 96.6 Å². The summed E-state index contributed by atoms with van der Waals surface area (Å²) in [5.74, 6) is -53.7. The molecule has 296 valence electrons. The number of hydrogen-bond acceptors (Lipinski definition) is 3. The highest BCUT2D eigenvalue weighted by Crippen LogP contribution is 2.57. The molecule has 50 heavy (non-hydrogen) atoms. The van der Waals surface area contributed by atoms with Crippen LogP contribution in [-0.4, -0.2) is 89.3 Å². The molecule has 0 aromatic carbocycles. The molecule has 0 amide bonds. The number of aliphatic carboxylic acids is 1. The summed E-state index contributed by atoms with van der Waals surface area (Å²) in [6, 6.07) is 0. The van der Waals surface area contributed by atoms with Crippen LogP contribution in [0.15, 0.2) is 23.8 Å². The van der Waals surface area contributed by atoms with Gasteiger partial charge in [-0.1, -0.05) is 6.58 Å². The molecule has 0 heterocycles. The van der Waals surface area contributed by atoms with E-state index in [1.165, 1.54) is 0 Å². The fourth-order valence-corrected chi connectivity index (χ4v) is 2.56. The Morgan fingerprint density at radius 1 is 0.600 bits per heavy atom. The van der Waals surface area contributed by atoms with Crippen molar-refractivity contribution in [2.45, 2.75) is 99.0 Å². The minimum absolute atomic E-state index is 0.226. The molecule has 0 spiro atoms. The van der Waals surface area contributed by atoms with E-state index in [0.29, 0.717) is 6.92 Å². The highest BCUT2D eigenvalue weighted by Gasteiger charge is 2.85. The molecule has 0 aromatic rings. The third-order valence-electron chi connectivity index (χ3n) is 5.32. The maximum atomic E-state index is 13.2. The van der Waals surface area contributed by atoms with Crippen molar-refractivity contribution in [3.05, 3.63) is 23.8 Å². The van der Waals surface area contributed by atoms with Gasteiger partial charge in [0.1, 0.15) is 0 Å². The number of halogens is 24. The molecule has 0 aliphatic rings. The lowest BCUT2D eigenvalue weighted by molar-refractivity contribution is -0.422. The summed E-state index contributed by atoms with van der Waals surface area (Å²) in [6.07, 6.45) is -36.1. The summed E-state index contributed by atoms with van der Waals surface area (Å²) in [4.78, 5) is 21.0. The summed E-state index contributed by atoms with van der Waals surface area (Å²) < 4.78 is 309. The Labute approximate surface area is 260 Å². The highest BCUT2D eigenvalue weighted by atomic mass is 19.4. The standard InChI is InChI=1S/2C11H8F12O2/c1-4(2)6(24)25-11(22,23)10(20,21)9(18,19)8(16,17)5(12)3-7(13,14)15;1-4(6(24)25)2-7(13,14)10(20,21)11(22,23)9(18,19)5(12)3-8(15,16)17/h5H,1,3H2,2H3;2,5H,3H2,1H3,(H,24,25). The van der Waals surface area contributed by atoms with E-state index in [1.54, 1.807) is 0 Å². The number of rotatable bonds is 14. The van der Waals surface area contributed by atoms with Gasteiger partial charge in [-0.3, -0.25) is 0 Å². The molecular weight excluding hydrogens is 784 g/mol. The normalized spacial score (nSPS) is 16.2. The van der Waals surface area contributed by atoms with Gasteiger partial charge >= 0.3 is 71.9 Å². The fourth-order valence-electron chi connectivity index (χ4n) is 2.56. The lowest BCUT2D eigenvalue weighted by Gasteiger charge is -2.37. The molecular formula is C22H16F24O4. The molecule has 0 fully saturated rings. The lowest BCUT2D eigenvalue weighted by atomic mass is 9.93. The van der Waals surface area contributed by atoms with Crippen LogP contribution in [0.1, 0.15) is 26.7 Å². The van der Waals surface area contributed by atoms with Crippen molar-refractivity contribution >= 4 is 11.9 Å². The molecule has 4 nitrogen and oxygen atoms in total. The predicted molar refractivity (Wildman–Crippen MR) is 113 cm³/mol. The van der Waals surface area contributed by atoms with Crippen molar-refractivity contribution in [3.8, 4) is 0 Å². The molecule has 2 atom stereocenters. The van der Waals surface area contributed by atoms with Gasteiger partial charge in [0.05, 0.1) is 12.8 Å². The van der Waals surface area contributed by atoms with Crippen LogP contribution in [0.3, 0.4) is 0 Å². The molecule has 2 unspecified atom stereocenters. The first-order chi connectivity index (χ1) is 21.4. The van der Waals surface area contributed by atoms with Gasteiger partial charge in [0, 0.05) is 17.2 Å². The largest absolute Gasteiger partial charge is 0.478 e. The van der Waals surface area contributed by atoms with Gasteiger partial charge < -0.3 is 9.84 Å². The molecule has 1 N–H and O–H groups in total. The Morgan fingerprint density at radius 3 is 1.16 bits per heavy atom. The minimum Gasteiger partial charge on any atom is -0.478 e. The molecule has 0 aromatic heterocycles. The SMILES string of the molecule is C=C(C)C(=O)OC(F)(F)C(F)(F)C(F)(F)C(F)(F)C(F)CC(F)(F)F.CC(=CC(F)(F)C(F)(F)C(F)(F)C(F)(F)C(F)CC(F)(F)F)C(=O)O. The zero-order valence-corrected chi connectivity index (χ0v) is 23.6. The van der Waals surface area contributed by atoms with Gasteiger partial charge in [0.15, 0.2) is 12.3 Å². The monoisotopic (exact) mass is 800 g/mol. The van der Waals surface area contributed by atoms with Crippen molar-refractivity contribution in [2.24, 2.45) is 0 Å². The summed E-state index contributed by atoms with van der Waals surface area (Å²) >= 11 is 0. The van der Waals surface area contributed by atoms with Crippen molar-refractivity contribution < 1.29 is 125 Å². The number of carbonyl (C=O) groups excluding carboxylic acids is 1. The molecule has 0 aliphatic carbocycles. The number of carboxylic acid groups (broad SMARTS) is 1. The first kappa shape index (κ1) is 48.9. The van der Waals surface area contributed by atoms with Crippen molar-refractivity contribution in [3.63, 3.8) is 0 Å². The van der Waals surface area contributed by atoms with E-state index in [4.69, 9.17) is 5.11 Å². The van der Waals surface area contributed by atoms with Gasteiger partial charge in [-0.15, -0.1) is 0 Å². The lowest BCUT2D eigenvalue weighted by Crippen LogP contribution is -2.65. The average molecular weight is 800 g/mol. The second-order valence-electron chi connectivity index (χ2n) is 9.56. The Morgan fingerprint density at radius 2 is 0.900 bits per heavy atom. The number of allylic oxidation sites excluding steroid dienone is 1. The van der Waals surface area contributed by atoms with E-state index >= 15 is 0 Å². The maximum absolute atomic E-state index is 13.2. The first-order valence-corrected chi connectivity index (χ1v) is 11.7. The molecule has 28 heteroatoms. The van der Waals surface area contributed by atoms with Gasteiger partial charge in [-0.25, -0.2) is 18.4 Å². The Hall–Kier alpha value is -3.26. The predicted octanol–water partition coefficient (Wildman–Crippen LogP) is 9.74. The number of esters is 1. The second-order valence-corrected chi connectivity index (χ2v) is 9.56. The topological polar surface area (TPSA) is 63.6 Å². The number of hydrogen-bond donors (Lipinski definition) is 1. The fraction of sp³-hybridized carbons (Fsp3) is 0.727. The molecule has 0 saturated heterocycles. The molecule has 0 radical (unpaired) electrons. The van der Waals surface area contributed by atoms with Crippen LogP contribution in [0.25, 0.3) is 0 Å². The van der Waals surface area contributed by atoms with E-state index in [-0.39, 0.29) is 6.92 Å². The minimum atomic E-state index is -7.36. The van der Waals surface area contributed by atoms with Crippen molar-refractivity contribution in [1.29, 1.82) is 0 Å². The van der Waals surface area contributed by atoms with Crippen LogP contribution < -0.4 is 0 Å². The Kier molecular flexibility index (Phi) is 14.4. The van der Waals surface area contributed by atoms with Crippen LogP contribution in [-0.2, 0) is 14.3 Å². The molecule has 0 saturated carbocycles. The summed E-state index contributed by atoms with van der Waals surface area (Å²) in [5.41, 5.74) is -2.68. The highest BCUT2D eigenvalue weighted by molar-refractivity contribution is 5.87. The molecule has 0 bridgehead atoms. The van der Waals surface area contributed by atoms with E-state index < -0.39 is 114 Å². The third-order valence-corrected chi connectivity index (χ3v) is 5.32. The van der Waals surface area contributed by atoms with Crippen LogP contribution in [0.5, 0.6) is 0 Å². The van der Waals surface area contributed by atoms with Gasteiger partial charge in [0.25, 0.3) is 0 Å². The van der Waals surface area contributed by atoms with E-state index in [9.17, 15) is 115 Å². The number of carbonyl (C=O) groups is 2. The number of alkyl halides is 24. The average Bonchev–Trinajstić information content (AvgIpc) is 2.85.